The third-order valence-corrected chi connectivity index (χ3v) is 9.30. The van der Waals surface area contributed by atoms with Crippen molar-refractivity contribution < 1.29 is 13.2 Å². The smallest absolute Gasteiger partial charge is 0.228 e. The summed E-state index contributed by atoms with van der Waals surface area (Å²) < 4.78 is 25.0. The monoisotopic (exact) mass is 416 g/mol. The molecule has 158 valence electrons. The number of hydrogen-bond donors (Lipinski definition) is 1. The van der Waals surface area contributed by atoms with Crippen LogP contribution in [-0.4, -0.2) is 38.0 Å². The largest absolute Gasteiger partial charge is 0.326 e. The van der Waals surface area contributed by atoms with Gasteiger partial charge in [0, 0.05) is 18.8 Å². The van der Waals surface area contributed by atoms with Gasteiger partial charge in [0.2, 0.25) is 15.9 Å². The highest BCUT2D eigenvalue weighted by atomic mass is 32.2. The second kappa shape index (κ2) is 7.09. The van der Waals surface area contributed by atoms with E-state index in [1.165, 1.54) is 54.6 Å². The Bertz CT molecular complexity index is 858. The number of anilines is 1. The van der Waals surface area contributed by atoms with E-state index in [1.807, 2.05) is 12.1 Å². The Hall–Kier alpha value is -1.40. The molecule has 1 atom stereocenters. The lowest BCUT2D eigenvalue weighted by molar-refractivity contribution is -0.120. The summed E-state index contributed by atoms with van der Waals surface area (Å²) in [5, 5.41) is 3.02. The minimum absolute atomic E-state index is 0.0686. The molecule has 0 spiro atoms. The van der Waals surface area contributed by atoms with E-state index >= 15 is 0 Å². The fraction of sp³-hybridized carbons (Fsp3) is 0.696. The van der Waals surface area contributed by atoms with E-state index in [9.17, 15) is 13.2 Å². The Labute approximate surface area is 174 Å². The third kappa shape index (κ3) is 3.74. The number of nitrogens with one attached hydrogen (secondary N) is 1. The predicted molar refractivity (Wildman–Crippen MR) is 114 cm³/mol. The number of benzene rings is 1. The van der Waals surface area contributed by atoms with E-state index < -0.39 is 10.0 Å². The first kappa shape index (κ1) is 19.6. The quantitative estimate of drug-likeness (QED) is 0.813. The van der Waals surface area contributed by atoms with Crippen LogP contribution in [0.4, 0.5) is 5.69 Å². The van der Waals surface area contributed by atoms with Crippen molar-refractivity contribution in [3.63, 3.8) is 0 Å². The maximum Gasteiger partial charge on any atom is 0.228 e. The van der Waals surface area contributed by atoms with Gasteiger partial charge in [-0.1, -0.05) is 12.1 Å². The van der Waals surface area contributed by atoms with Gasteiger partial charge in [-0.25, -0.2) is 12.7 Å². The molecule has 6 heteroatoms. The van der Waals surface area contributed by atoms with Crippen LogP contribution in [-0.2, 0) is 20.2 Å². The highest BCUT2D eigenvalue weighted by Gasteiger charge is 2.51. The average molecular weight is 417 g/mol. The molecule has 1 unspecified atom stereocenters. The van der Waals surface area contributed by atoms with Crippen LogP contribution < -0.4 is 5.32 Å². The molecule has 29 heavy (non-hydrogen) atoms. The number of carbonyl (C=O) groups excluding carboxylic acids is 1. The predicted octanol–water partition coefficient (Wildman–Crippen LogP) is 3.76. The summed E-state index contributed by atoms with van der Waals surface area (Å²) in [5.74, 6) is 2.42. The highest BCUT2D eigenvalue weighted by Crippen LogP contribution is 2.60. The van der Waals surface area contributed by atoms with Crippen LogP contribution in [0.5, 0.6) is 0 Å². The number of sulfonamides is 1. The SMILES string of the molecule is CS(=O)(=O)N1CCCC(C(=O)Nc2ccc(C34CC5CC(CC(C5)C3)C4)cc2)C1. The minimum Gasteiger partial charge on any atom is -0.326 e. The maximum absolute atomic E-state index is 12.7. The first-order chi connectivity index (χ1) is 13.8. The molecule has 1 aromatic carbocycles. The van der Waals surface area contributed by atoms with Crippen LogP contribution in [0.15, 0.2) is 24.3 Å². The van der Waals surface area contributed by atoms with Gasteiger partial charge < -0.3 is 5.32 Å². The van der Waals surface area contributed by atoms with E-state index in [2.05, 4.69) is 17.4 Å². The standard InChI is InChI=1S/C23H32N2O3S/c1-29(27,28)25-8-2-3-19(15-25)22(26)24-21-6-4-20(5-7-21)23-12-16-9-17(13-23)11-18(10-16)14-23/h4-7,16-19H,2-3,8-15H2,1H3,(H,24,26). The maximum atomic E-state index is 12.7. The number of amides is 1. The number of rotatable bonds is 4. The van der Waals surface area contributed by atoms with Crippen LogP contribution in [0.3, 0.4) is 0 Å². The van der Waals surface area contributed by atoms with E-state index in [0.29, 0.717) is 12.0 Å². The normalized spacial score (nSPS) is 36.9. The molecule has 1 heterocycles. The van der Waals surface area contributed by atoms with Crippen molar-refractivity contribution >= 4 is 21.6 Å². The Morgan fingerprint density at radius 1 is 1.03 bits per heavy atom. The summed E-state index contributed by atoms with van der Waals surface area (Å²) in [5.41, 5.74) is 2.65. The van der Waals surface area contributed by atoms with Gasteiger partial charge in [0.1, 0.15) is 0 Å². The van der Waals surface area contributed by atoms with Crippen molar-refractivity contribution in [2.24, 2.45) is 23.7 Å². The van der Waals surface area contributed by atoms with Gasteiger partial charge in [0.25, 0.3) is 0 Å². The van der Waals surface area contributed by atoms with Gasteiger partial charge in [-0.05, 0) is 92.2 Å². The summed E-state index contributed by atoms with van der Waals surface area (Å²) in [4.78, 5) is 12.7. The van der Waals surface area contributed by atoms with Gasteiger partial charge in [-0.3, -0.25) is 4.79 Å². The van der Waals surface area contributed by atoms with E-state index in [0.717, 1.165) is 36.3 Å². The topological polar surface area (TPSA) is 66.5 Å². The van der Waals surface area contributed by atoms with Crippen molar-refractivity contribution in [1.29, 1.82) is 0 Å². The van der Waals surface area contributed by atoms with Gasteiger partial charge in [-0.2, -0.15) is 0 Å². The van der Waals surface area contributed by atoms with E-state index in [-0.39, 0.29) is 18.4 Å². The van der Waals surface area contributed by atoms with Crippen molar-refractivity contribution in [3.05, 3.63) is 29.8 Å². The van der Waals surface area contributed by atoms with Gasteiger partial charge in [-0.15, -0.1) is 0 Å². The Morgan fingerprint density at radius 3 is 2.17 bits per heavy atom. The summed E-state index contributed by atoms with van der Waals surface area (Å²) in [6.07, 6.45) is 11.0. The second-order valence-electron chi connectivity index (χ2n) is 10.2. The van der Waals surface area contributed by atoms with Gasteiger partial charge in [0.05, 0.1) is 12.2 Å². The third-order valence-electron chi connectivity index (χ3n) is 8.03. The zero-order chi connectivity index (χ0) is 20.2. The number of carbonyl (C=O) groups is 1. The molecule has 4 saturated carbocycles. The van der Waals surface area contributed by atoms with Crippen molar-refractivity contribution in [1.82, 2.24) is 4.31 Å². The van der Waals surface area contributed by atoms with Gasteiger partial charge >= 0.3 is 0 Å². The molecular weight excluding hydrogens is 384 g/mol. The molecule has 0 radical (unpaired) electrons. The molecule has 1 aromatic rings. The molecule has 6 rings (SSSR count). The molecule has 0 aromatic heterocycles. The molecule has 1 saturated heterocycles. The summed E-state index contributed by atoms with van der Waals surface area (Å²) in [6, 6.07) is 8.55. The summed E-state index contributed by atoms with van der Waals surface area (Å²) >= 11 is 0. The summed E-state index contributed by atoms with van der Waals surface area (Å²) in [7, 11) is -3.24. The fourth-order valence-corrected chi connectivity index (χ4v) is 7.98. The molecular formula is C23H32N2O3S. The van der Waals surface area contributed by atoms with E-state index in [1.54, 1.807) is 0 Å². The Balaban J connectivity index is 1.26. The minimum atomic E-state index is -3.24. The lowest BCUT2D eigenvalue weighted by atomic mass is 9.48. The molecule has 5 aliphatic rings. The number of hydrogen-bond acceptors (Lipinski definition) is 3. The molecule has 4 bridgehead atoms. The highest BCUT2D eigenvalue weighted by molar-refractivity contribution is 7.88. The van der Waals surface area contributed by atoms with Crippen molar-refractivity contribution in [2.75, 3.05) is 24.7 Å². The zero-order valence-corrected chi connectivity index (χ0v) is 18.1. The summed E-state index contributed by atoms with van der Waals surface area (Å²) in [6.45, 7) is 0.804. The second-order valence-corrected chi connectivity index (χ2v) is 12.2. The fourth-order valence-electron chi connectivity index (χ4n) is 7.07. The van der Waals surface area contributed by atoms with Gasteiger partial charge in [0.15, 0.2) is 0 Å². The molecule has 1 aliphatic heterocycles. The van der Waals surface area contributed by atoms with Crippen LogP contribution >= 0.6 is 0 Å². The van der Waals surface area contributed by atoms with Crippen LogP contribution in [0.25, 0.3) is 0 Å². The molecule has 1 amide bonds. The molecule has 4 aliphatic carbocycles. The molecule has 1 N–H and O–H groups in total. The van der Waals surface area contributed by atoms with E-state index in [4.69, 9.17) is 0 Å². The average Bonchev–Trinajstić information content (AvgIpc) is 2.67. The molecule has 5 nitrogen and oxygen atoms in total. The van der Waals surface area contributed by atoms with Crippen LogP contribution in [0.1, 0.15) is 56.9 Å². The van der Waals surface area contributed by atoms with Crippen LogP contribution in [0.2, 0.25) is 0 Å². The number of piperidine rings is 1. The first-order valence-corrected chi connectivity index (χ1v) is 13.0. The zero-order valence-electron chi connectivity index (χ0n) is 17.3. The lowest BCUT2D eigenvalue weighted by Gasteiger charge is -2.57. The first-order valence-electron chi connectivity index (χ1n) is 11.2. The molecule has 5 fully saturated rings. The Kier molecular flexibility index (Phi) is 4.78. The number of nitrogens with zero attached hydrogens (tertiary/aromatic N) is 1. The lowest BCUT2D eigenvalue weighted by Crippen LogP contribution is -2.48. The van der Waals surface area contributed by atoms with Crippen molar-refractivity contribution in [3.8, 4) is 0 Å². The van der Waals surface area contributed by atoms with Crippen LogP contribution in [0, 0.1) is 23.7 Å². The Morgan fingerprint density at radius 2 is 1.62 bits per heavy atom. The van der Waals surface area contributed by atoms with Crippen molar-refractivity contribution in [2.45, 2.75) is 56.8 Å².